The van der Waals surface area contributed by atoms with E-state index in [-0.39, 0.29) is 5.25 Å². The van der Waals surface area contributed by atoms with E-state index in [4.69, 9.17) is 5.11 Å². The van der Waals surface area contributed by atoms with E-state index in [9.17, 15) is 13.2 Å². The van der Waals surface area contributed by atoms with E-state index in [0.29, 0.717) is 6.54 Å². The lowest BCUT2D eigenvalue weighted by atomic mass is 10.5. The van der Waals surface area contributed by atoms with Gasteiger partial charge in [0.25, 0.3) is 0 Å². The summed E-state index contributed by atoms with van der Waals surface area (Å²) in [5, 5.41) is 8.61. The van der Waals surface area contributed by atoms with Crippen molar-refractivity contribution in [3.8, 4) is 0 Å². The van der Waals surface area contributed by atoms with E-state index in [1.54, 1.807) is 23.5 Å². The smallest absolute Gasteiger partial charge is 0.320 e. The molecular weight excluding hydrogens is 258 g/mol. The van der Waals surface area contributed by atoms with Gasteiger partial charge in [0.05, 0.1) is 0 Å². The third-order valence-electron chi connectivity index (χ3n) is 1.73. The fourth-order valence-electron chi connectivity index (χ4n) is 1.09. The molecule has 0 radical (unpaired) electrons. The molecule has 1 aliphatic heterocycles. The second-order valence-corrected chi connectivity index (χ2v) is 7.43. The first kappa shape index (κ1) is 13.1. The first-order chi connectivity index (χ1) is 6.99. The maximum atomic E-state index is 11.2. The van der Waals surface area contributed by atoms with Gasteiger partial charge in [-0.25, -0.2) is 13.1 Å². The van der Waals surface area contributed by atoms with E-state index in [2.05, 4.69) is 4.72 Å². The van der Waals surface area contributed by atoms with Crippen molar-refractivity contribution in [2.24, 2.45) is 0 Å². The SMILES string of the molecule is O=C(O)CS(=O)(=O)NCC1CSCCS1. The van der Waals surface area contributed by atoms with E-state index in [0.717, 1.165) is 17.3 Å². The third kappa shape index (κ3) is 5.64. The normalized spacial score (nSPS) is 22.5. The molecule has 1 fully saturated rings. The molecule has 0 saturated carbocycles. The molecule has 88 valence electrons. The average molecular weight is 271 g/mol. The van der Waals surface area contributed by atoms with Crippen molar-refractivity contribution < 1.29 is 18.3 Å². The van der Waals surface area contributed by atoms with E-state index < -0.39 is 21.7 Å². The standard InChI is InChI=1S/C7H13NO4S3/c9-7(10)5-15(11,12)8-3-6-4-13-1-2-14-6/h6,8H,1-5H2,(H,9,10). The molecule has 0 spiro atoms. The molecule has 0 amide bonds. The number of rotatable bonds is 5. The second-order valence-electron chi connectivity index (χ2n) is 3.07. The van der Waals surface area contributed by atoms with Crippen LogP contribution in [-0.2, 0) is 14.8 Å². The van der Waals surface area contributed by atoms with Gasteiger partial charge in [0.1, 0.15) is 0 Å². The van der Waals surface area contributed by atoms with Crippen LogP contribution in [0.3, 0.4) is 0 Å². The Morgan fingerprint density at radius 3 is 2.73 bits per heavy atom. The van der Waals surface area contributed by atoms with Gasteiger partial charge in [-0.2, -0.15) is 23.5 Å². The van der Waals surface area contributed by atoms with Gasteiger partial charge in [-0.05, 0) is 0 Å². The molecule has 1 atom stereocenters. The van der Waals surface area contributed by atoms with Crippen molar-refractivity contribution in [2.75, 3.05) is 29.6 Å². The molecule has 8 heteroatoms. The molecule has 0 aromatic carbocycles. The van der Waals surface area contributed by atoms with Crippen molar-refractivity contribution in [1.82, 2.24) is 4.72 Å². The van der Waals surface area contributed by atoms with Gasteiger partial charge in [0.15, 0.2) is 5.75 Å². The van der Waals surface area contributed by atoms with Crippen LogP contribution in [0.2, 0.25) is 0 Å². The molecular formula is C7H13NO4S3. The van der Waals surface area contributed by atoms with Crippen molar-refractivity contribution in [3.05, 3.63) is 0 Å². The molecule has 0 aromatic rings. The molecule has 2 N–H and O–H groups in total. The number of aliphatic carboxylic acids is 1. The molecule has 1 unspecified atom stereocenters. The summed E-state index contributed by atoms with van der Waals surface area (Å²) in [6, 6.07) is 0. The van der Waals surface area contributed by atoms with Gasteiger partial charge in [0, 0.05) is 29.1 Å². The molecule has 15 heavy (non-hydrogen) atoms. The van der Waals surface area contributed by atoms with Crippen LogP contribution in [0, 0.1) is 0 Å². The summed E-state index contributed by atoms with van der Waals surface area (Å²) in [6.45, 7) is 0.327. The Morgan fingerprint density at radius 2 is 2.20 bits per heavy atom. The molecule has 1 rings (SSSR count). The van der Waals surface area contributed by atoms with Crippen LogP contribution in [-0.4, -0.2) is 54.3 Å². The number of carboxylic acids is 1. The molecule has 0 aromatic heterocycles. The fraction of sp³-hybridized carbons (Fsp3) is 0.857. The van der Waals surface area contributed by atoms with Crippen LogP contribution >= 0.6 is 23.5 Å². The first-order valence-electron chi connectivity index (χ1n) is 4.38. The van der Waals surface area contributed by atoms with Crippen molar-refractivity contribution in [1.29, 1.82) is 0 Å². The summed E-state index contributed by atoms with van der Waals surface area (Å²) >= 11 is 3.52. The minimum Gasteiger partial charge on any atom is -0.480 e. The molecule has 0 aliphatic carbocycles. The molecule has 1 heterocycles. The summed E-state index contributed by atoms with van der Waals surface area (Å²) in [6.07, 6.45) is 0. The van der Waals surface area contributed by atoms with Gasteiger partial charge in [-0.15, -0.1) is 0 Å². The Labute approximate surface area is 97.4 Å². The van der Waals surface area contributed by atoms with E-state index in [1.807, 2.05) is 0 Å². The van der Waals surface area contributed by atoms with E-state index >= 15 is 0 Å². The number of nitrogens with one attached hydrogen (secondary N) is 1. The quantitative estimate of drug-likeness (QED) is 0.723. The highest BCUT2D eigenvalue weighted by Gasteiger charge is 2.19. The van der Waals surface area contributed by atoms with Crippen LogP contribution in [0.15, 0.2) is 0 Å². The minimum atomic E-state index is -3.65. The van der Waals surface area contributed by atoms with Gasteiger partial charge >= 0.3 is 5.97 Å². The number of sulfonamides is 1. The fourth-order valence-corrected chi connectivity index (χ4v) is 4.69. The lowest BCUT2D eigenvalue weighted by Gasteiger charge is -2.20. The largest absolute Gasteiger partial charge is 0.480 e. The molecule has 1 saturated heterocycles. The summed E-state index contributed by atoms with van der Waals surface area (Å²) in [5.41, 5.74) is 0. The van der Waals surface area contributed by atoms with Crippen LogP contribution in [0.25, 0.3) is 0 Å². The highest BCUT2D eigenvalue weighted by atomic mass is 32.2. The Bertz CT molecular complexity index is 310. The zero-order valence-corrected chi connectivity index (χ0v) is 10.5. The maximum Gasteiger partial charge on any atom is 0.320 e. The number of hydrogen-bond donors (Lipinski definition) is 2. The van der Waals surface area contributed by atoms with E-state index in [1.165, 1.54) is 0 Å². The van der Waals surface area contributed by atoms with Crippen LogP contribution < -0.4 is 4.72 Å². The highest BCUT2D eigenvalue weighted by Crippen LogP contribution is 2.23. The van der Waals surface area contributed by atoms with Gasteiger partial charge < -0.3 is 5.11 Å². The molecule has 5 nitrogen and oxygen atoms in total. The van der Waals surface area contributed by atoms with Gasteiger partial charge in [-0.3, -0.25) is 4.79 Å². The summed E-state index contributed by atoms with van der Waals surface area (Å²) < 4.78 is 24.7. The number of thioether (sulfide) groups is 2. The minimum absolute atomic E-state index is 0.257. The predicted octanol–water partition coefficient (Wildman–Crippen LogP) is -0.161. The third-order valence-corrected chi connectivity index (χ3v) is 5.81. The topological polar surface area (TPSA) is 83.5 Å². The molecule has 0 bridgehead atoms. The average Bonchev–Trinajstić information content (AvgIpc) is 2.15. The Morgan fingerprint density at radius 1 is 1.47 bits per heavy atom. The first-order valence-corrected chi connectivity index (χ1v) is 8.23. The summed E-state index contributed by atoms with van der Waals surface area (Å²) in [5.74, 6) is 0.866. The molecule has 1 aliphatic rings. The zero-order chi connectivity index (χ0) is 11.3. The summed E-state index contributed by atoms with van der Waals surface area (Å²) in [7, 11) is -3.65. The van der Waals surface area contributed by atoms with Crippen molar-refractivity contribution in [2.45, 2.75) is 5.25 Å². The number of carboxylic acid groups (broad SMARTS) is 1. The van der Waals surface area contributed by atoms with Crippen molar-refractivity contribution in [3.63, 3.8) is 0 Å². The monoisotopic (exact) mass is 271 g/mol. The number of hydrogen-bond acceptors (Lipinski definition) is 5. The van der Waals surface area contributed by atoms with Crippen molar-refractivity contribution >= 4 is 39.5 Å². The van der Waals surface area contributed by atoms with Crippen LogP contribution in [0.1, 0.15) is 0 Å². The zero-order valence-electron chi connectivity index (χ0n) is 8.01. The highest BCUT2D eigenvalue weighted by molar-refractivity contribution is 8.06. The van der Waals surface area contributed by atoms with Gasteiger partial charge in [-0.1, -0.05) is 0 Å². The second kappa shape index (κ2) is 5.97. The van der Waals surface area contributed by atoms with Crippen LogP contribution in [0.5, 0.6) is 0 Å². The number of carbonyl (C=O) groups is 1. The maximum absolute atomic E-state index is 11.2. The van der Waals surface area contributed by atoms with Gasteiger partial charge in [0.2, 0.25) is 10.0 Å². The van der Waals surface area contributed by atoms with Crippen LogP contribution in [0.4, 0.5) is 0 Å². The summed E-state index contributed by atoms with van der Waals surface area (Å²) in [4.78, 5) is 10.2. The Kier molecular flexibility index (Phi) is 5.24. The Balaban J connectivity index is 2.31. The predicted molar refractivity (Wildman–Crippen MR) is 63.0 cm³/mol. The Hall–Kier alpha value is 0.0800. The lowest BCUT2D eigenvalue weighted by molar-refractivity contribution is -0.134. The lowest BCUT2D eigenvalue weighted by Crippen LogP contribution is -2.36.